The average Bonchev–Trinajstić information content (AvgIpc) is 2.67. The molecular weight excluding hydrogens is 224 g/mol. The number of benzene rings is 1. The summed E-state index contributed by atoms with van der Waals surface area (Å²) >= 11 is 0. The highest BCUT2D eigenvalue weighted by atomic mass is 16.7. The lowest BCUT2D eigenvalue weighted by Crippen LogP contribution is -1.95. The molecule has 17 heavy (non-hydrogen) atoms. The summed E-state index contributed by atoms with van der Waals surface area (Å²) in [6.07, 6.45) is 0. The van der Waals surface area contributed by atoms with Crippen LogP contribution in [0.5, 0.6) is 11.5 Å². The predicted octanol–water partition coefficient (Wildman–Crippen LogP) is 2.27. The molecule has 1 heterocycles. The number of hydrogen-bond acceptors (Lipinski definition) is 5. The van der Waals surface area contributed by atoms with Crippen LogP contribution in [0.2, 0.25) is 0 Å². The number of para-hydroxylation sites is 1. The number of hydrogen-bond donors (Lipinski definition) is 1. The molecule has 0 fully saturated rings. The first-order valence-electron chi connectivity index (χ1n) is 5.12. The normalized spacial score (nSPS) is 10.9. The highest BCUT2D eigenvalue weighted by Gasteiger charge is 2.16. The number of methoxy groups -OCH3 is 2. The summed E-state index contributed by atoms with van der Waals surface area (Å²) in [5.41, 5.74) is 0.517. The Morgan fingerprint density at radius 3 is 2.82 bits per heavy atom. The maximum Gasteiger partial charge on any atom is 0.180 e. The Morgan fingerprint density at radius 1 is 1.29 bits per heavy atom. The van der Waals surface area contributed by atoms with Gasteiger partial charge in [-0.15, -0.1) is 0 Å². The van der Waals surface area contributed by atoms with Gasteiger partial charge in [-0.3, -0.25) is 0 Å². The summed E-state index contributed by atoms with van der Waals surface area (Å²) in [4.78, 5) is 0. The fourth-order valence-corrected chi connectivity index (χ4v) is 1.61. The third kappa shape index (κ3) is 2.20. The third-order valence-corrected chi connectivity index (χ3v) is 2.38. The molecule has 0 aliphatic carbocycles. The van der Waals surface area contributed by atoms with E-state index in [9.17, 15) is 5.11 Å². The monoisotopic (exact) mass is 238 g/mol. The van der Waals surface area contributed by atoms with Gasteiger partial charge in [0.05, 0.1) is 12.5 Å². The van der Waals surface area contributed by atoms with Crippen LogP contribution in [-0.2, 0) is 16.1 Å². The SMILES string of the molecule is COCOCc1oc2c(OC)cccc2c1O. The van der Waals surface area contributed by atoms with E-state index < -0.39 is 0 Å². The number of fused-ring (bicyclic) bond motifs is 1. The zero-order chi connectivity index (χ0) is 12.3. The van der Waals surface area contributed by atoms with Gasteiger partial charge in [0.15, 0.2) is 22.8 Å². The smallest absolute Gasteiger partial charge is 0.180 e. The predicted molar refractivity (Wildman–Crippen MR) is 61.1 cm³/mol. The van der Waals surface area contributed by atoms with Crippen LogP contribution in [0.4, 0.5) is 0 Å². The van der Waals surface area contributed by atoms with Crippen LogP contribution in [0.15, 0.2) is 22.6 Å². The Bertz CT molecular complexity index is 503. The van der Waals surface area contributed by atoms with Gasteiger partial charge in [0.25, 0.3) is 0 Å². The summed E-state index contributed by atoms with van der Waals surface area (Å²) in [7, 11) is 3.08. The van der Waals surface area contributed by atoms with Crippen molar-refractivity contribution in [1.82, 2.24) is 0 Å². The maximum atomic E-state index is 9.94. The lowest BCUT2D eigenvalue weighted by atomic mass is 10.2. The Morgan fingerprint density at radius 2 is 2.12 bits per heavy atom. The van der Waals surface area contributed by atoms with Crippen molar-refractivity contribution in [2.75, 3.05) is 21.0 Å². The van der Waals surface area contributed by atoms with E-state index in [4.69, 9.17) is 18.6 Å². The van der Waals surface area contributed by atoms with Crippen molar-refractivity contribution in [2.24, 2.45) is 0 Å². The highest BCUT2D eigenvalue weighted by molar-refractivity contribution is 5.89. The topological polar surface area (TPSA) is 61.1 Å². The molecule has 1 aromatic heterocycles. The Labute approximate surface area is 98.5 Å². The van der Waals surface area contributed by atoms with Gasteiger partial charge < -0.3 is 23.7 Å². The maximum absolute atomic E-state index is 9.94. The summed E-state index contributed by atoms with van der Waals surface area (Å²) in [5, 5.41) is 10.6. The molecule has 0 atom stereocenters. The highest BCUT2D eigenvalue weighted by Crippen LogP contribution is 2.37. The standard InChI is InChI=1S/C12H14O5/c1-14-7-16-6-10-11(13)8-4-3-5-9(15-2)12(8)17-10/h3-5,13H,6-7H2,1-2H3. The van der Waals surface area contributed by atoms with Crippen molar-refractivity contribution in [2.45, 2.75) is 6.61 Å². The first kappa shape index (κ1) is 11.8. The molecule has 2 rings (SSSR count). The molecule has 0 aliphatic rings. The number of aromatic hydroxyl groups is 1. The Kier molecular flexibility index (Phi) is 3.51. The van der Waals surface area contributed by atoms with Gasteiger partial charge in [0, 0.05) is 7.11 Å². The Balaban J connectivity index is 2.35. The Hall–Kier alpha value is -1.72. The van der Waals surface area contributed by atoms with E-state index >= 15 is 0 Å². The third-order valence-electron chi connectivity index (χ3n) is 2.38. The number of furan rings is 1. The molecular formula is C12H14O5. The van der Waals surface area contributed by atoms with Crippen molar-refractivity contribution >= 4 is 11.0 Å². The van der Waals surface area contributed by atoms with Crippen LogP contribution in [0, 0.1) is 0 Å². The van der Waals surface area contributed by atoms with Crippen LogP contribution in [0.25, 0.3) is 11.0 Å². The van der Waals surface area contributed by atoms with E-state index in [0.717, 1.165) is 0 Å². The van der Waals surface area contributed by atoms with Crippen LogP contribution in [0.3, 0.4) is 0 Å². The lowest BCUT2D eigenvalue weighted by Gasteiger charge is -1.99. The molecule has 0 saturated heterocycles. The van der Waals surface area contributed by atoms with Crippen LogP contribution in [-0.4, -0.2) is 26.1 Å². The fourth-order valence-electron chi connectivity index (χ4n) is 1.61. The zero-order valence-corrected chi connectivity index (χ0v) is 9.73. The van der Waals surface area contributed by atoms with E-state index in [0.29, 0.717) is 22.5 Å². The minimum Gasteiger partial charge on any atom is -0.504 e. The van der Waals surface area contributed by atoms with E-state index in [2.05, 4.69) is 0 Å². The van der Waals surface area contributed by atoms with Crippen LogP contribution >= 0.6 is 0 Å². The second kappa shape index (κ2) is 5.07. The molecule has 1 N–H and O–H groups in total. The van der Waals surface area contributed by atoms with E-state index in [-0.39, 0.29) is 19.1 Å². The summed E-state index contributed by atoms with van der Waals surface area (Å²) in [5.74, 6) is 1.02. The zero-order valence-electron chi connectivity index (χ0n) is 9.73. The molecule has 0 unspecified atom stereocenters. The molecule has 0 amide bonds. The summed E-state index contributed by atoms with van der Waals surface area (Å²) in [6.45, 7) is 0.297. The van der Waals surface area contributed by atoms with E-state index in [1.807, 2.05) is 0 Å². The minimum absolute atomic E-state index is 0.0787. The van der Waals surface area contributed by atoms with Crippen molar-refractivity contribution in [3.63, 3.8) is 0 Å². The van der Waals surface area contributed by atoms with Gasteiger partial charge in [-0.2, -0.15) is 0 Å². The molecule has 5 nitrogen and oxygen atoms in total. The second-order valence-corrected chi connectivity index (χ2v) is 3.47. The van der Waals surface area contributed by atoms with Crippen LogP contribution < -0.4 is 4.74 Å². The lowest BCUT2D eigenvalue weighted by molar-refractivity contribution is -0.0443. The van der Waals surface area contributed by atoms with Crippen molar-refractivity contribution in [1.29, 1.82) is 0 Å². The summed E-state index contributed by atoms with van der Waals surface area (Å²) < 4.78 is 20.6. The van der Waals surface area contributed by atoms with E-state index in [1.165, 1.54) is 7.11 Å². The molecule has 5 heteroatoms. The fraction of sp³-hybridized carbons (Fsp3) is 0.333. The van der Waals surface area contributed by atoms with Gasteiger partial charge in [-0.05, 0) is 12.1 Å². The van der Waals surface area contributed by atoms with Gasteiger partial charge in [0.1, 0.15) is 13.4 Å². The molecule has 1 aromatic carbocycles. The van der Waals surface area contributed by atoms with E-state index in [1.54, 1.807) is 25.3 Å². The molecule has 0 spiro atoms. The number of ether oxygens (including phenoxy) is 3. The van der Waals surface area contributed by atoms with Gasteiger partial charge in [-0.1, -0.05) is 6.07 Å². The molecule has 0 bridgehead atoms. The first-order chi connectivity index (χ1) is 8.27. The van der Waals surface area contributed by atoms with Crippen molar-refractivity contribution < 1.29 is 23.7 Å². The molecule has 0 aliphatic heterocycles. The first-order valence-corrected chi connectivity index (χ1v) is 5.12. The molecule has 92 valence electrons. The van der Waals surface area contributed by atoms with Gasteiger partial charge in [-0.25, -0.2) is 0 Å². The number of rotatable bonds is 5. The molecule has 0 radical (unpaired) electrons. The largest absolute Gasteiger partial charge is 0.504 e. The molecule has 0 saturated carbocycles. The van der Waals surface area contributed by atoms with Crippen molar-refractivity contribution in [3.05, 3.63) is 24.0 Å². The minimum atomic E-state index is 0.0787. The second-order valence-electron chi connectivity index (χ2n) is 3.47. The van der Waals surface area contributed by atoms with Crippen molar-refractivity contribution in [3.8, 4) is 11.5 Å². The molecule has 2 aromatic rings. The quantitative estimate of drug-likeness (QED) is 0.639. The van der Waals surface area contributed by atoms with Gasteiger partial charge >= 0.3 is 0 Å². The average molecular weight is 238 g/mol. The summed E-state index contributed by atoms with van der Waals surface area (Å²) in [6, 6.07) is 5.32. The van der Waals surface area contributed by atoms with Crippen LogP contribution in [0.1, 0.15) is 5.76 Å². The van der Waals surface area contributed by atoms with Gasteiger partial charge in [0.2, 0.25) is 0 Å².